The smallest absolute Gasteiger partial charge is 0.142 e. The molecule has 1 aromatic rings. The number of nitrogens with two attached hydrogens (primary N) is 1. The molecule has 0 amide bonds. The van der Waals surface area contributed by atoms with Crippen molar-refractivity contribution in [3.8, 4) is 0 Å². The Balaban J connectivity index is 2.08. The van der Waals surface area contributed by atoms with Crippen LogP contribution in [0.25, 0.3) is 0 Å². The number of hydrogen-bond acceptors (Lipinski definition) is 2. The SMILES string of the molecule is CCCC1CCC(C(NN)c2cccc(Br)c2F)CC1. The molecular weight excluding hydrogens is 319 g/mol. The Labute approximate surface area is 129 Å². The second-order valence-corrected chi connectivity index (χ2v) is 6.71. The zero-order valence-corrected chi connectivity index (χ0v) is 13.6. The highest BCUT2D eigenvalue weighted by molar-refractivity contribution is 9.10. The Morgan fingerprint density at radius 2 is 2.05 bits per heavy atom. The summed E-state index contributed by atoms with van der Waals surface area (Å²) in [6, 6.07) is 5.35. The van der Waals surface area contributed by atoms with Crippen LogP contribution in [0.5, 0.6) is 0 Å². The first-order chi connectivity index (χ1) is 9.67. The normalized spacial score (nSPS) is 24.6. The maximum absolute atomic E-state index is 14.2. The minimum absolute atomic E-state index is 0.0879. The number of hydrazine groups is 1. The van der Waals surface area contributed by atoms with Crippen molar-refractivity contribution in [1.29, 1.82) is 0 Å². The standard InChI is InChI=1S/C16H24BrFN2/c1-2-4-11-7-9-12(10-8-11)16(20-19)13-5-3-6-14(17)15(13)18/h3,5-6,11-12,16,20H,2,4,7-10,19H2,1H3. The van der Waals surface area contributed by atoms with Crippen molar-refractivity contribution in [2.24, 2.45) is 17.7 Å². The van der Waals surface area contributed by atoms with Crippen molar-refractivity contribution in [1.82, 2.24) is 5.43 Å². The number of benzene rings is 1. The van der Waals surface area contributed by atoms with Gasteiger partial charge in [-0.05, 0) is 46.7 Å². The first-order valence-electron chi connectivity index (χ1n) is 7.57. The van der Waals surface area contributed by atoms with E-state index in [0.29, 0.717) is 16.0 Å². The molecule has 2 rings (SSSR count). The summed E-state index contributed by atoms with van der Waals surface area (Å²) in [6.07, 6.45) is 7.32. The van der Waals surface area contributed by atoms with Crippen LogP contribution in [0.1, 0.15) is 57.1 Å². The van der Waals surface area contributed by atoms with E-state index in [4.69, 9.17) is 5.84 Å². The van der Waals surface area contributed by atoms with E-state index in [2.05, 4.69) is 28.3 Å². The third-order valence-corrected chi connectivity index (χ3v) is 5.17. The first kappa shape index (κ1) is 15.9. The Morgan fingerprint density at radius 1 is 1.35 bits per heavy atom. The second-order valence-electron chi connectivity index (χ2n) is 5.86. The molecule has 2 nitrogen and oxygen atoms in total. The van der Waals surface area contributed by atoms with Gasteiger partial charge in [0.25, 0.3) is 0 Å². The van der Waals surface area contributed by atoms with Gasteiger partial charge < -0.3 is 0 Å². The van der Waals surface area contributed by atoms with E-state index in [1.165, 1.54) is 25.7 Å². The lowest BCUT2D eigenvalue weighted by Crippen LogP contribution is -2.36. The van der Waals surface area contributed by atoms with Gasteiger partial charge in [0.1, 0.15) is 5.82 Å². The van der Waals surface area contributed by atoms with Crippen LogP contribution in [0, 0.1) is 17.7 Å². The van der Waals surface area contributed by atoms with Gasteiger partial charge in [0, 0.05) is 5.56 Å². The topological polar surface area (TPSA) is 38.0 Å². The molecule has 1 saturated carbocycles. The summed E-state index contributed by atoms with van der Waals surface area (Å²) in [6.45, 7) is 2.24. The largest absolute Gasteiger partial charge is 0.271 e. The first-order valence-corrected chi connectivity index (χ1v) is 8.36. The zero-order chi connectivity index (χ0) is 14.5. The zero-order valence-electron chi connectivity index (χ0n) is 12.0. The monoisotopic (exact) mass is 342 g/mol. The van der Waals surface area contributed by atoms with Crippen LogP contribution in [-0.4, -0.2) is 0 Å². The van der Waals surface area contributed by atoms with Gasteiger partial charge in [0.2, 0.25) is 0 Å². The van der Waals surface area contributed by atoms with Crippen LogP contribution in [0.15, 0.2) is 22.7 Å². The van der Waals surface area contributed by atoms with Crippen molar-refractivity contribution in [3.05, 3.63) is 34.1 Å². The third kappa shape index (κ3) is 3.60. The predicted octanol–water partition coefficient (Wildman–Crippen LogP) is 4.70. The molecule has 1 fully saturated rings. The lowest BCUT2D eigenvalue weighted by molar-refractivity contribution is 0.212. The molecule has 1 aliphatic carbocycles. The molecule has 0 bridgehead atoms. The van der Waals surface area contributed by atoms with E-state index in [9.17, 15) is 4.39 Å². The summed E-state index contributed by atoms with van der Waals surface area (Å²) in [7, 11) is 0. The van der Waals surface area contributed by atoms with Gasteiger partial charge in [-0.2, -0.15) is 0 Å². The van der Waals surface area contributed by atoms with Crippen molar-refractivity contribution >= 4 is 15.9 Å². The summed E-state index contributed by atoms with van der Waals surface area (Å²) in [4.78, 5) is 0. The number of rotatable bonds is 5. The molecule has 112 valence electrons. The highest BCUT2D eigenvalue weighted by Gasteiger charge is 2.29. The van der Waals surface area contributed by atoms with E-state index >= 15 is 0 Å². The molecule has 1 unspecified atom stereocenters. The van der Waals surface area contributed by atoms with Crippen LogP contribution in [0.4, 0.5) is 4.39 Å². The molecule has 1 aromatic carbocycles. The third-order valence-electron chi connectivity index (χ3n) is 4.56. The average molecular weight is 343 g/mol. The second kappa shape index (κ2) is 7.53. The molecular formula is C16H24BrFN2. The number of nitrogens with one attached hydrogen (secondary N) is 1. The van der Waals surface area contributed by atoms with Gasteiger partial charge in [-0.15, -0.1) is 0 Å². The minimum Gasteiger partial charge on any atom is -0.271 e. The quantitative estimate of drug-likeness (QED) is 0.601. The van der Waals surface area contributed by atoms with Crippen LogP contribution in [0.2, 0.25) is 0 Å². The number of halogens is 2. The van der Waals surface area contributed by atoms with Crippen LogP contribution >= 0.6 is 15.9 Å². The fourth-order valence-corrected chi connectivity index (χ4v) is 3.84. The molecule has 20 heavy (non-hydrogen) atoms. The van der Waals surface area contributed by atoms with Crippen molar-refractivity contribution in [2.45, 2.75) is 51.5 Å². The highest BCUT2D eigenvalue weighted by atomic mass is 79.9. The summed E-state index contributed by atoms with van der Waals surface area (Å²) < 4.78 is 14.8. The van der Waals surface area contributed by atoms with E-state index in [1.807, 2.05) is 12.1 Å². The molecule has 0 aliphatic heterocycles. The Hall–Kier alpha value is -0.450. The van der Waals surface area contributed by atoms with E-state index in [-0.39, 0.29) is 11.9 Å². The lowest BCUT2D eigenvalue weighted by Gasteiger charge is -2.34. The van der Waals surface area contributed by atoms with Gasteiger partial charge in [-0.3, -0.25) is 11.3 Å². The Kier molecular flexibility index (Phi) is 6.00. The average Bonchev–Trinajstić information content (AvgIpc) is 2.46. The van der Waals surface area contributed by atoms with E-state index in [1.54, 1.807) is 6.07 Å². The maximum atomic E-state index is 14.2. The van der Waals surface area contributed by atoms with Crippen LogP contribution in [0.3, 0.4) is 0 Å². The molecule has 3 N–H and O–H groups in total. The number of hydrogen-bond donors (Lipinski definition) is 2. The molecule has 0 saturated heterocycles. The summed E-state index contributed by atoms with van der Waals surface area (Å²) in [5.74, 6) is 6.80. The molecule has 1 aliphatic rings. The predicted molar refractivity (Wildman–Crippen MR) is 84.5 cm³/mol. The van der Waals surface area contributed by atoms with Crippen molar-refractivity contribution in [3.63, 3.8) is 0 Å². The van der Waals surface area contributed by atoms with Gasteiger partial charge in [0.15, 0.2) is 0 Å². The molecule has 0 aromatic heterocycles. The summed E-state index contributed by atoms with van der Waals surface area (Å²) >= 11 is 3.25. The van der Waals surface area contributed by atoms with Crippen LogP contribution in [-0.2, 0) is 0 Å². The van der Waals surface area contributed by atoms with E-state index in [0.717, 1.165) is 18.8 Å². The molecule has 0 heterocycles. The van der Waals surface area contributed by atoms with Crippen molar-refractivity contribution in [2.75, 3.05) is 0 Å². The van der Waals surface area contributed by atoms with Crippen molar-refractivity contribution < 1.29 is 4.39 Å². The highest BCUT2D eigenvalue weighted by Crippen LogP contribution is 2.39. The van der Waals surface area contributed by atoms with E-state index < -0.39 is 0 Å². The Bertz CT molecular complexity index is 430. The Morgan fingerprint density at radius 3 is 2.65 bits per heavy atom. The summed E-state index contributed by atoms with van der Waals surface area (Å²) in [5.41, 5.74) is 3.52. The summed E-state index contributed by atoms with van der Waals surface area (Å²) in [5, 5.41) is 0. The van der Waals surface area contributed by atoms with Gasteiger partial charge in [-0.1, -0.05) is 44.7 Å². The molecule has 0 radical (unpaired) electrons. The van der Waals surface area contributed by atoms with Gasteiger partial charge >= 0.3 is 0 Å². The minimum atomic E-state index is -0.189. The molecule has 4 heteroatoms. The molecule has 1 atom stereocenters. The molecule has 0 spiro atoms. The maximum Gasteiger partial charge on any atom is 0.142 e. The fourth-order valence-electron chi connectivity index (χ4n) is 3.46. The fraction of sp³-hybridized carbons (Fsp3) is 0.625. The van der Waals surface area contributed by atoms with Gasteiger partial charge in [0.05, 0.1) is 10.5 Å². The lowest BCUT2D eigenvalue weighted by atomic mass is 9.75. The van der Waals surface area contributed by atoms with Crippen LogP contribution < -0.4 is 11.3 Å². The van der Waals surface area contributed by atoms with Gasteiger partial charge in [-0.25, -0.2) is 4.39 Å².